The first-order valence-electron chi connectivity index (χ1n) is 5.37. The lowest BCUT2D eigenvalue weighted by molar-refractivity contribution is 1.37. The number of hydrogen-bond acceptors (Lipinski definition) is 2. The predicted octanol–water partition coefficient (Wildman–Crippen LogP) is 4.70. The van der Waals surface area contributed by atoms with Crippen LogP contribution in [0.2, 0.25) is 0 Å². The average molecular weight is 260 g/mol. The Morgan fingerprint density at radius 2 is 1.88 bits per heavy atom. The van der Waals surface area contributed by atoms with Crippen molar-refractivity contribution in [3.63, 3.8) is 0 Å². The molecule has 84 valence electrons. The zero-order valence-electron chi connectivity index (χ0n) is 9.06. The molecule has 3 rings (SSSR count). The van der Waals surface area contributed by atoms with Crippen molar-refractivity contribution in [1.82, 2.24) is 4.98 Å². The summed E-state index contributed by atoms with van der Waals surface area (Å²) in [4.78, 5) is 5.55. The van der Waals surface area contributed by atoms with Crippen molar-refractivity contribution >= 4 is 33.7 Å². The maximum absolute atomic E-state index is 5.82. The smallest absolute Gasteiger partial charge is 0.124 e. The molecule has 2 aromatic carbocycles. The van der Waals surface area contributed by atoms with E-state index >= 15 is 0 Å². The van der Waals surface area contributed by atoms with Gasteiger partial charge in [0.2, 0.25) is 0 Å². The van der Waals surface area contributed by atoms with E-state index < -0.39 is 0 Å². The summed E-state index contributed by atoms with van der Waals surface area (Å²) < 4.78 is 0. The molecule has 0 spiro atoms. The Morgan fingerprint density at radius 1 is 1.06 bits per heavy atom. The van der Waals surface area contributed by atoms with Crippen molar-refractivity contribution in [3.8, 4) is 10.6 Å². The summed E-state index contributed by atoms with van der Waals surface area (Å²) in [5.41, 5.74) is 1.18. The van der Waals surface area contributed by atoms with Crippen LogP contribution in [-0.4, -0.2) is 4.98 Å². The highest BCUT2D eigenvalue weighted by atomic mass is 35.5. The molecule has 1 heterocycles. The van der Waals surface area contributed by atoms with Crippen LogP contribution in [0.4, 0.5) is 0 Å². The molecule has 3 aromatic rings. The first-order valence-corrected chi connectivity index (χ1v) is 6.72. The number of hydrogen-bond donors (Lipinski definition) is 0. The number of halogens is 1. The largest absolute Gasteiger partial charge is 0.244 e. The van der Waals surface area contributed by atoms with Gasteiger partial charge in [-0.25, -0.2) is 4.98 Å². The molecule has 1 aromatic heterocycles. The van der Waals surface area contributed by atoms with Crippen molar-refractivity contribution in [3.05, 3.63) is 53.5 Å². The molecule has 0 radical (unpaired) electrons. The van der Waals surface area contributed by atoms with Gasteiger partial charge in [0.15, 0.2) is 0 Å². The highest BCUT2D eigenvalue weighted by Crippen LogP contribution is 2.31. The van der Waals surface area contributed by atoms with Crippen molar-refractivity contribution in [2.45, 2.75) is 5.88 Å². The third-order valence-corrected chi connectivity index (χ3v) is 4.18. The minimum Gasteiger partial charge on any atom is -0.244 e. The van der Waals surface area contributed by atoms with E-state index in [-0.39, 0.29) is 0 Å². The Morgan fingerprint density at radius 3 is 2.71 bits per heavy atom. The van der Waals surface area contributed by atoms with Crippen molar-refractivity contribution < 1.29 is 0 Å². The molecule has 1 nitrogen and oxygen atoms in total. The molecule has 3 heteroatoms. The third kappa shape index (κ3) is 1.94. The predicted molar refractivity (Wildman–Crippen MR) is 74.6 cm³/mol. The lowest BCUT2D eigenvalue weighted by atomic mass is 10.1. The van der Waals surface area contributed by atoms with Crippen LogP contribution in [0.25, 0.3) is 21.3 Å². The molecule has 0 N–H and O–H groups in total. The minimum absolute atomic E-state index is 0.530. The maximum Gasteiger partial charge on any atom is 0.124 e. The first kappa shape index (κ1) is 10.8. The van der Waals surface area contributed by atoms with Crippen LogP contribution < -0.4 is 0 Å². The molecule has 0 atom stereocenters. The van der Waals surface area contributed by atoms with Crippen LogP contribution in [0, 0.1) is 0 Å². The van der Waals surface area contributed by atoms with Crippen LogP contribution in [0.1, 0.15) is 4.88 Å². The Bertz CT molecular complexity index is 655. The van der Waals surface area contributed by atoms with E-state index in [0.717, 1.165) is 9.88 Å². The van der Waals surface area contributed by atoms with Crippen LogP contribution in [0.15, 0.2) is 48.7 Å². The van der Waals surface area contributed by atoms with Gasteiger partial charge in [-0.1, -0.05) is 42.5 Å². The molecule has 0 amide bonds. The van der Waals surface area contributed by atoms with E-state index in [1.807, 2.05) is 6.20 Å². The Hall–Kier alpha value is -1.38. The SMILES string of the molecule is ClCc1cnc(-c2cccc3ccccc23)s1. The molecule has 0 aliphatic heterocycles. The van der Waals surface area contributed by atoms with Gasteiger partial charge >= 0.3 is 0 Å². The summed E-state index contributed by atoms with van der Waals surface area (Å²) in [6.45, 7) is 0. The molecule has 0 saturated carbocycles. The second kappa shape index (κ2) is 4.47. The van der Waals surface area contributed by atoms with E-state index in [1.165, 1.54) is 16.3 Å². The topological polar surface area (TPSA) is 12.9 Å². The van der Waals surface area contributed by atoms with E-state index in [0.29, 0.717) is 5.88 Å². The molecule has 0 unspecified atom stereocenters. The second-order valence-corrected chi connectivity index (χ2v) is 5.17. The third-order valence-electron chi connectivity index (χ3n) is 2.71. The maximum atomic E-state index is 5.82. The van der Waals surface area contributed by atoms with Crippen molar-refractivity contribution in [2.75, 3.05) is 0 Å². The molecule has 0 saturated heterocycles. The summed E-state index contributed by atoms with van der Waals surface area (Å²) in [5, 5.41) is 3.52. The van der Waals surface area contributed by atoms with Gasteiger partial charge in [0.1, 0.15) is 5.01 Å². The van der Waals surface area contributed by atoms with Gasteiger partial charge in [-0.2, -0.15) is 0 Å². The number of nitrogens with zero attached hydrogens (tertiary/aromatic N) is 1. The van der Waals surface area contributed by atoms with Crippen molar-refractivity contribution in [2.24, 2.45) is 0 Å². The van der Waals surface area contributed by atoms with Gasteiger partial charge in [0.25, 0.3) is 0 Å². The van der Waals surface area contributed by atoms with Gasteiger partial charge in [0, 0.05) is 16.6 Å². The summed E-state index contributed by atoms with van der Waals surface area (Å²) >= 11 is 7.47. The van der Waals surface area contributed by atoms with Gasteiger partial charge in [0.05, 0.1) is 5.88 Å². The van der Waals surface area contributed by atoms with Crippen LogP contribution >= 0.6 is 22.9 Å². The Balaban J connectivity index is 2.23. The molecule has 0 aliphatic carbocycles. The van der Waals surface area contributed by atoms with E-state index in [9.17, 15) is 0 Å². The van der Waals surface area contributed by atoms with E-state index in [1.54, 1.807) is 11.3 Å². The lowest BCUT2D eigenvalue weighted by Gasteiger charge is -2.02. The van der Waals surface area contributed by atoms with Crippen LogP contribution in [-0.2, 0) is 5.88 Å². The molecular weight excluding hydrogens is 250 g/mol. The van der Waals surface area contributed by atoms with Crippen LogP contribution in [0.3, 0.4) is 0 Å². The number of thiazole rings is 1. The fourth-order valence-electron chi connectivity index (χ4n) is 1.91. The number of fused-ring (bicyclic) bond motifs is 1. The normalized spacial score (nSPS) is 10.9. The molecule has 0 bridgehead atoms. The van der Waals surface area contributed by atoms with Crippen molar-refractivity contribution in [1.29, 1.82) is 0 Å². The van der Waals surface area contributed by atoms with Gasteiger partial charge < -0.3 is 0 Å². The monoisotopic (exact) mass is 259 g/mol. The standard InChI is InChI=1S/C14H10ClNS/c15-8-11-9-16-14(17-11)13-7-3-5-10-4-1-2-6-12(10)13/h1-7,9H,8H2. The number of rotatable bonds is 2. The quantitative estimate of drug-likeness (QED) is 0.608. The van der Waals surface area contributed by atoms with E-state index in [2.05, 4.69) is 47.4 Å². The van der Waals surface area contributed by atoms with E-state index in [4.69, 9.17) is 11.6 Å². The average Bonchev–Trinajstić information content (AvgIpc) is 2.87. The fraction of sp³-hybridized carbons (Fsp3) is 0.0714. The minimum atomic E-state index is 0.530. The number of aromatic nitrogens is 1. The fourth-order valence-corrected chi connectivity index (χ4v) is 2.94. The molecular formula is C14H10ClNS. The molecule has 0 fully saturated rings. The molecule has 17 heavy (non-hydrogen) atoms. The summed E-state index contributed by atoms with van der Waals surface area (Å²) in [6, 6.07) is 14.7. The van der Waals surface area contributed by atoms with Gasteiger partial charge in [-0.3, -0.25) is 0 Å². The summed E-state index contributed by atoms with van der Waals surface area (Å²) in [6.07, 6.45) is 1.86. The Kier molecular flexibility index (Phi) is 2.83. The highest BCUT2D eigenvalue weighted by Gasteiger charge is 2.07. The Labute approximate surface area is 109 Å². The first-order chi connectivity index (χ1) is 8.38. The zero-order chi connectivity index (χ0) is 11.7. The number of alkyl halides is 1. The van der Waals surface area contributed by atoms with Gasteiger partial charge in [-0.15, -0.1) is 22.9 Å². The second-order valence-electron chi connectivity index (χ2n) is 3.79. The van der Waals surface area contributed by atoms with Crippen LogP contribution in [0.5, 0.6) is 0 Å². The highest BCUT2D eigenvalue weighted by molar-refractivity contribution is 7.15. The summed E-state index contributed by atoms with van der Waals surface area (Å²) in [7, 11) is 0. The van der Waals surface area contributed by atoms with Gasteiger partial charge in [-0.05, 0) is 10.8 Å². The summed E-state index contributed by atoms with van der Waals surface area (Å²) in [5.74, 6) is 0.530. The lowest BCUT2D eigenvalue weighted by Crippen LogP contribution is -1.78. The number of benzene rings is 2. The molecule has 0 aliphatic rings. The zero-order valence-corrected chi connectivity index (χ0v) is 10.6.